The Labute approximate surface area is 159 Å². The molecule has 1 heterocycles. The molecule has 146 valence electrons. The van der Waals surface area contributed by atoms with E-state index in [2.05, 4.69) is 15.2 Å². The molecule has 8 heteroatoms. The Hall–Kier alpha value is -3.29. The maximum atomic E-state index is 13.9. The number of anilines is 1. The molecule has 0 fully saturated rings. The summed E-state index contributed by atoms with van der Waals surface area (Å²) in [5, 5.41) is 7.10. The minimum absolute atomic E-state index is 0.105. The van der Waals surface area contributed by atoms with Crippen LogP contribution in [0.4, 0.5) is 18.9 Å². The monoisotopic (exact) mass is 389 g/mol. The number of nitrogens with one attached hydrogen (secondary N) is 1. The van der Waals surface area contributed by atoms with E-state index in [1.807, 2.05) is 0 Å². The first-order chi connectivity index (χ1) is 13.3. The Morgan fingerprint density at radius 1 is 1.18 bits per heavy atom. The van der Waals surface area contributed by atoms with Gasteiger partial charge in [-0.3, -0.25) is 9.48 Å². The number of ether oxygens (including phenoxy) is 1. The van der Waals surface area contributed by atoms with Gasteiger partial charge < -0.3 is 10.1 Å². The van der Waals surface area contributed by atoms with Crippen LogP contribution in [0.2, 0.25) is 0 Å². The fraction of sp³-hybridized carbons (Fsp3) is 0.200. The van der Waals surface area contributed by atoms with Crippen LogP contribution >= 0.6 is 0 Å². The lowest BCUT2D eigenvalue weighted by Gasteiger charge is -2.09. The van der Waals surface area contributed by atoms with Crippen molar-refractivity contribution in [2.75, 3.05) is 5.32 Å². The summed E-state index contributed by atoms with van der Waals surface area (Å²) in [7, 11) is 0. The maximum absolute atomic E-state index is 13.9. The molecule has 1 N–H and O–H groups in total. The number of carbonyl (C=O) groups is 1. The third-order valence-corrected chi connectivity index (χ3v) is 4.22. The van der Waals surface area contributed by atoms with Crippen molar-refractivity contribution in [2.45, 2.75) is 27.0 Å². The van der Waals surface area contributed by atoms with E-state index in [1.165, 1.54) is 30.3 Å². The van der Waals surface area contributed by atoms with Crippen LogP contribution in [0, 0.1) is 19.7 Å². The van der Waals surface area contributed by atoms with Gasteiger partial charge in [0.1, 0.15) is 11.6 Å². The first kappa shape index (κ1) is 19.5. The zero-order valence-electron chi connectivity index (χ0n) is 15.2. The van der Waals surface area contributed by atoms with E-state index in [4.69, 9.17) is 0 Å². The van der Waals surface area contributed by atoms with Crippen LogP contribution in [-0.4, -0.2) is 22.3 Å². The second kappa shape index (κ2) is 8.16. The minimum Gasteiger partial charge on any atom is -0.435 e. The van der Waals surface area contributed by atoms with Gasteiger partial charge in [-0.25, -0.2) is 4.39 Å². The number of aryl methyl sites for hydroxylation is 1. The van der Waals surface area contributed by atoms with Crippen LogP contribution in [0.5, 0.6) is 5.75 Å². The molecule has 2 aromatic carbocycles. The standard InChI is InChI=1S/C20H18F3N3O2/c1-12-18(13(2)26(25-12)11-15-6-3-4-9-17(15)21)24-19(27)14-7-5-8-16(10-14)28-20(22)23/h3-10,20H,11H2,1-2H3,(H,24,27). The van der Waals surface area contributed by atoms with E-state index in [9.17, 15) is 18.0 Å². The molecule has 0 aliphatic carbocycles. The Kier molecular flexibility index (Phi) is 5.67. The number of hydrogen-bond donors (Lipinski definition) is 1. The molecule has 0 bridgehead atoms. The molecule has 0 aliphatic heterocycles. The molecular formula is C20H18F3N3O2. The average Bonchev–Trinajstić information content (AvgIpc) is 2.90. The van der Waals surface area contributed by atoms with Gasteiger partial charge in [0.15, 0.2) is 0 Å². The van der Waals surface area contributed by atoms with Crippen molar-refractivity contribution < 1.29 is 22.7 Å². The Morgan fingerprint density at radius 2 is 1.93 bits per heavy atom. The number of hydrogen-bond acceptors (Lipinski definition) is 3. The van der Waals surface area contributed by atoms with E-state index in [-0.39, 0.29) is 23.7 Å². The second-order valence-corrected chi connectivity index (χ2v) is 6.16. The molecule has 0 unspecified atom stereocenters. The van der Waals surface area contributed by atoms with Gasteiger partial charge in [-0.15, -0.1) is 0 Å². The van der Waals surface area contributed by atoms with Gasteiger partial charge in [0.2, 0.25) is 0 Å². The predicted molar refractivity (Wildman–Crippen MR) is 98.2 cm³/mol. The van der Waals surface area contributed by atoms with Crippen LogP contribution in [0.1, 0.15) is 27.3 Å². The van der Waals surface area contributed by atoms with Gasteiger partial charge in [0.05, 0.1) is 23.6 Å². The summed E-state index contributed by atoms with van der Waals surface area (Å²) in [6.45, 7) is 0.718. The Morgan fingerprint density at radius 3 is 2.64 bits per heavy atom. The first-order valence-electron chi connectivity index (χ1n) is 8.49. The third-order valence-electron chi connectivity index (χ3n) is 4.22. The van der Waals surface area contributed by atoms with Crippen LogP contribution in [-0.2, 0) is 6.54 Å². The molecule has 1 amide bonds. The maximum Gasteiger partial charge on any atom is 0.387 e. The second-order valence-electron chi connectivity index (χ2n) is 6.16. The van der Waals surface area contributed by atoms with Crippen molar-refractivity contribution in [3.63, 3.8) is 0 Å². The molecule has 3 aromatic rings. The SMILES string of the molecule is Cc1nn(Cc2ccccc2F)c(C)c1NC(=O)c1cccc(OC(F)F)c1. The van der Waals surface area contributed by atoms with Gasteiger partial charge >= 0.3 is 6.61 Å². The highest BCUT2D eigenvalue weighted by atomic mass is 19.3. The first-order valence-corrected chi connectivity index (χ1v) is 8.49. The Balaban J connectivity index is 1.80. The molecule has 0 saturated carbocycles. The summed E-state index contributed by atoms with van der Waals surface area (Å²) in [5.41, 5.74) is 2.33. The molecule has 0 radical (unpaired) electrons. The van der Waals surface area contributed by atoms with Crippen molar-refractivity contribution in [1.82, 2.24) is 9.78 Å². The van der Waals surface area contributed by atoms with E-state index in [1.54, 1.807) is 36.7 Å². The van der Waals surface area contributed by atoms with Crippen molar-refractivity contribution in [3.8, 4) is 5.75 Å². The van der Waals surface area contributed by atoms with Gasteiger partial charge in [-0.2, -0.15) is 13.9 Å². The summed E-state index contributed by atoms with van der Waals surface area (Å²) in [6, 6.07) is 11.9. The fourth-order valence-corrected chi connectivity index (χ4v) is 2.82. The molecule has 0 atom stereocenters. The number of nitrogens with zero attached hydrogens (tertiary/aromatic N) is 2. The highest BCUT2D eigenvalue weighted by Gasteiger charge is 2.17. The van der Waals surface area contributed by atoms with Crippen LogP contribution < -0.4 is 10.1 Å². The lowest BCUT2D eigenvalue weighted by atomic mass is 10.2. The number of halogens is 3. The zero-order chi connectivity index (χ0) is 20.3. The largest absolute Gasteiger partial charge is 0.435 e. The third kappa shape index (κ3) is 4.33. The number of alkyl halides is 2. The van der Waals surface area contributed by atoms with E-state index < -0.39 is 12.5 Å². The summed E-state index contributed by atoms with van der Waals surface area (Å²) >= 11 is 0. The van der Waals surface area contributed by atoms with Crippen molar-refractivity contribution in [3.05, 3.63) is 76.9 Å². The molecule has 5 nitrogen and oxygen atoms in total. The Bertz CT molecular complexity index is 1000. The summed E-state index contributed by atoms with van der Waals surface area (Å²) in [5.74, 6) is -0.931. The van der Waals surface area contributed by atoms with Gasteiger partial charge in [-0.1, -0.05) is 24.3 Å². The molecule has 3 rings (SSSR count). The number of carbonyl (C=O) groups excluding carboxylic acids is 1. The number of rotatable bonds is 6. The van der Waals surface area contributed by atoms with E-state index in [0.717, 1.165) is 0 Å². The van der Waals surface area contributed by atoms with Gasteiger partial charge in [0.25, 0.3) is 5.91 Å². The van der Waals surface area contributed by atoms with Crippen molar-refractivity contribution in [1.29, 1.82) is 0 Å². The molecule has 0 saturated heterocycles. The minimum atomic E-state index is -2.97. The van der Waals surface area contributed by atoms with E-state index in [0.29, 0.717) is 22.6 Å². The van der Waals surface area contributed by atoms with Crippen LogP contribution in [0.25, 0.3) is 0 Å². The molecule has 0 spiro atoms. The van der Waals surface area contributed by atoms with Crippen LogP contribution in [0.3, 0.4) is 0 Å². The highest BCUT2D eigenvalue weighted by molar-refractivity contribution is 6.05. The average molecular weight is 389 g/mol. The normalized spacial score (nSPS) is 10.9. The summed E-state index contributed by atoms with van der Waals surface area (Å²) in [4.78, 5) is 12.5. The fourth-order valence-electron chi connectivity index (χ4n) is 2.82. The molecule has 1 aromatic heterocycles. The summed E-state index contributed by atoms with van der Waals surface area (Å²) in [6.07, 6.45) is 0. The highest BCUT2D eigenvalue weighted by Crippen LogP contribution is 2.23. The lowest BCUT2D eigenvalue weighted by Crippen LogP contribution is -2.14. The molecule has 0 aliphatic rings. The topological polar surface area (TPSA) is 56.2 Å². The predicted octanol–water partition coefficient (Wildman–Crippen LogP) is 4.54. The number of aromatic nitrogens is 2. The molecule has 28 heavy (non-hydrogen) atoms. The lowest BCUT2D eigenvalue weighted by molar-refractivity contribution is -0.0498. The van der Waals surface area contributed by atoms with Gasteiger partial charge in [-0.05, 0) is 38.1 Å². The number of amides is 1. The quantitative estimate of drug-likeness (QED) is 0.673. The molecular weight excluding hydrogens is 371 g/mol. The van der Waals surface area contributed by atoms with E-state index >= 15 is 0 Å². The van der Waals surface area contributed by atoms with Crippen molar-refractivity contribution in [2.24, 2.45) is 0 Å². The van der Waals surface area contributed by atoms with Gasteiger partial charge in [0, 0.05) is 11.1 Å². The smallest absolute Gasteiger partial charge is 0.387 e. The zero-order valence-corrected chi connectivity index (χ0v) is 15.2. The van der Waals surface area contributed by atoms with Crippen LogP contribution in [0.15, 0.2) is 48.5 Å². The van der Waals surface area contributed by atoms with Crippen molar-refractivity contribution >= 4 is 11.6 Å². The summed E-state index contributed by atoms with van der Waals surface area (Å²) < 4.78 is 44.5. The number of benzene rings is 2.